The van der Waals surface area contributed by atoms with Crippen molar-refractivity contribution >= 4 is 11.6 Å². The topological polar surface area (TPSA) is 75.5 Å². The van der Waals surface area contributed by atoms with Crippen molar-refractivity contribution in [3.05, 3.63) is 74.8 Å². The Bertz CT molecular complexity index is 814. The van der Waals surface area contributed by atoms with Gasteiger partial charge in [-0.2, -0.15) is 0 Å². The molecule has 0 radical (unpaired) electrons. The van der Waals surface area contributed by atoms with Crippen molar-refractivity contribution in [1.82, 2.24) is 10.2 Å². The van der Waals surface area contributed by atoms with Crippen molar-refractivity contribution in [3.63, 3.8) is 0 Å². The lowest BCUT2D eigenvalue weighted by molar-refractivity contribution is -0.385. The lowest BCUT2D eigenvalue weighted by atomic mass is 10.1. The first-order valence-corrected chi connectivity index (χ1v) is 8.86. The molecule has 6 heteroatoms. The van der Waals surface area contributed by atoms with E-state index < -0.39 is 4.92 Å². The molecule has 26 heavy (non-hydrogen) atoms. The van der Waals surface area contributed by atoms with Crippen molar-refractivity contribution < 1.29 is 9.72 Å². The van der Waals surface area contributed by atoms with Crippen LogP contribution >= 0.6 is 0 Å². The van der Waals surface area contributed by atoms with Gasteiger partial charge in [-0.1, -0.05) is 30.3 Å². The van der Waals surface area contributed by atoms with E-state index in [4.69, 9.17) is 0 Å². The van der Waals surface area contributed by atoms with Gasteiger partial charge in [0, 0.05) is 30.3 Å². The number of nitro groups is 1. The van der Waals surface area contributed by atoms with Crippen LogP contribution in [0.15, 0.2) is 42.5 Å². The summed E-state index contributed by atoms with van der Waals surface area (Å²) in [6.07, 6.45) is 2.52. The highest BCUT2D eigenvalue weighted by Gasteiger charge is 2.15. The first-order valence-electron chi connectivity index (χ1n) is 8.86. The van der Waals surface area contributed by atoms with E-state index in [0.29, 0.717) is 17.7 Å². The molecule has 1 amide bonds. The molecule has 0 saturated carbocycles. The summed E-state index contributed by atoms with van der Waals surface area (Å²) in [6, 6.07) is 12.7. The van der Waals surface area contributed by atoms with E-state index >= 15 is 0 Å². The zero-order valence-electron chi connectivity index (χ0n) is 14.9. The Morgan fingerprint density at radius 2 is 1.88 bits per heavy atom. The van der Waals surface area contributed by atoms with Gasteiger partial charge < -0.3 is 5.32 Å². The van der Waals surface area contributed by atoms with E-state index in [0.717, 1.165) is 25.2 Å². The summed E-state index contributed by atoms with van der Waals surface area (Å²) in [5.74, 6) is -0.307. The highest BCUT2D eigenvalue weighted by molar-refractivity contribution is 5.94. The molecule has 1 aliphatic rings. The van der Waals surface area contributed by atoms with E-state index in [1.807, 2.05) is 12.1 Å². The maximum atomic E-state index is 12.3. The summed E-state index contributed by atoms with van der Waals surface area (Å²) in [6.45, 7) is 5.28. The van der Waals surface area contributed by atoms with E-state index in [1.165, 1.54) is 24.5 Å². The third-order valence-electron chi connectivity index (χ3n) is 4.72. The molecule has 1 aliphatic heterocycles. The van der Waals surface area contributed by atoms with Crippen LogP contribution in [0.4, 0.5) is 5.69 Å². The minimum atomic E-state index is -0.464. The minimum Gasteiger partial charge on any atom is -0.348 e. The number of nitrogens with zero attached hydrogens (tertiary/aromatic N) is 2. The summed E-state index contributed by atoms with van der Waals surface area (Å²) in [5.41, 5.74) is 3.07. The smallest absolute Gasteiger partial charge is 0.273 e. The zero-order valence-corrected chi connectivity index (χ0v) is 14.9. The van der Waals surface area contributed by atoms with Crippen LogP contribution in [-0.2, 0) is 13.1 Å². The SMILES string of the molecule is Cc1ccc(C(=O)NCc2cccc(CN3CCCC3)c2)cc1[N+](=O)[O-]. The summed E-state index contributed by atoms with van der Waals surface area (Å²) >= 11 is 0. The third-order valence-corrected chi connectivity index (χ3v) is 4.72. The fourth-order valence-corrected chi connectivity index (χ4v) is 3.27. The summed E-state index contributed by atoms with van der Waals surface area (Å²) < 4.78 is 0. The normalized spacial score (nSPS) is 14.3. The Balaban J connectivity index is 1.62. The van der Waals surface area contributed by atoms with Crippen molar-refractivity contribution in [1.29, 1.82) is 0 Å². The van der Waals surface area contributed by atoms with Gasteiger partial charge in [-0.05, 0) is 50.0 Å². The van der Waals surface area contributed by atoms with Crippen LogP contribution in [0.5, 0.6) is 0 Å². The van der Waals surface area contributed by atoms with Gasteiger partial charge in [0.15, 0.2) is 0 Å². The number of benzene rings is 2. The Hall–Kier alpha value is -2.73. The number of amides is 1. The number of likely N-dealkylation sites (tertiary alicyclic amines) is 1. The second kappa shape index (κ2) is 8.10. The fraction of sp³-hybridized carbons (Fsp3) is 0.350. The van der Waals surface area contributed by atoms with Crippen LogP contribution in [0.25, 0.3) is 0 Å². The molecule has 1 heterocycles. The zero-order chi connectivity index (χ0) is 18.5. The van der Waals surface area contributed by atoms with E-state index in [1.54, 1.807) is 19.1 Å². The maximum absolute atomic E-state index is 12.3. The minimum absolute atomic E-state index is 0.0368. The summed E-state index contributed by atoms with van der Waals surface area (Å²) in [5, 5.41) is 13.9. The number of aryl methyl sites for hydroxylation is 1. The van der Waals surface area contributed by atoms with Gasteiger partial charge in [-0.15, -0.1) is 0 Å². The molecule has 2 aromatic carbocycles. The molecule has 0 atom stereocenters. The highest BCUT2D eigenvalue weighted by Crippen LogP contribution is 2.19. The molecule has 1 saturated heterocycles. The molecule has 0 bridgehead atoms. The Morgan fingerprint density at radius 3 is 2.62 bits per heavy atom. The van der Waals surface area contributed by atoms with Crippen molar-refractivity contribution in [3.8, 4) is 0 Å². The monoisotopic (exact) mass is 353 g/mol. The third kappa shape index (κ3) is 4.46. The van der Waals surface area contributed by atoms with Crippen LogP contribution in [0.1, 0.15) is 39.9 Å². The second-order valence-electron chi connectivity index (χ2n) is 6.74. The highest BCUT2D eigenvalue weighted by atomic mass is 16.6. The molecule has 1 N–H and O–H groups in total. The Morgan fingerprint density at radius 1 is 1.15 bits per heavy atom. The van der Waals surface area contributed by atoms with Crippen LogP contribution in [0.2, 0.25) is 0 Å². The molecule has 0 aromatic heterocycles. The van der Waals surface area contributed by atoms with Gasteiger partial charge in [0.1, 0.15) is 0 Å². The molecule has 3 rings (SSSR count). The molecule has 2 aromatic rings. The average molecular weight is 353 g/mol. The molecule has 1 fully saturated rings. The molecule has 6 nitrogen and oxygen atoms in total. The van der Waals surface area contributed by atoms with Crippen LogP contribution < -0.4 is 5.32 Å². The van der Waals surface area contributed by atoms with E-state index in [2.05, 4.69) is 22.3 Å². The number of carbonyl (C=O) groups is 1. The fourth-order valence-electron chi connectivity index (χ4n) is 3.27. The van der Waals surface area contributed by atoms with Crippen molar-refractivity contribution in [2.75, 3.05) is 13.1 Å². The van der Waals surface area contributed by atoms with E-state index in [-0.39, 0.29) is 11.6 Å². The predicted octanol–water partition coefficient (Wildman–Crippen LogP) is 3.43. The molecule has 0 aliphatic carbocycles. The molecular weight excluding hydrogens is 330 g/mol. The van der Waals surface area contributed by atoms with Crippen LogP contribution in [0, 0.1) is 17.0 Å². The summed E-state index contributed by atoms with van der Waals surface area (Å²) in [4.78, 5) is 25.3. The van der Waals surface area contributed by atoms with Gasteiger partial charge >= 0.3 is 0 Å². The Kier molecular flexibility index (Phi) is 5.63. The largest absolute Gasteiger partial charge is 0.348 e. The van der Waals surface area contributed by atoms with E-state index in [9.17, 15) is 14.9 Å². The Labute approximate surface area is 153 Å². The standard InChI is InChI=1S/C20H23N3O3/c1-15-7-8-18(12-19(15)23(25)26)20(24)21-13-16-5-4-6-17(11-16)14-22-9-2-3-10-22/h4-8,11-12H,2-3,9-10,13-14H2,1H3,(H,21,24). The summed E-state index contributed by atoms with van der Waals surface area (Å²) in [7, 11) is 0. The second-order valence-corrected chi connectivity index (χ2v) is 6.74. The molecule has 0 unspecified atom stereocenters. The first kappa shape index (κ1) is 18.1. The molecule has 0 spiro atoms. The molecular formula is C20H23N3O3. The van der Waals surface area contributed by atoms with Gasteiger partial charge in [-0.3, -0.25) is 19.8 Å². The number of rotatable bonds is 6. The first-order chi connectivity index (χ1) is 12.5. The van der Waals surface area contributed by atoms with Gasteiger partial charge in [0.05, 0.1) is 4.92 Å². The van der Waals surface area contributed by atoms with Crippen LogP contribution in [0.3, 0.4) is 0 Å². The number of nitrogens with one attached hydrogen (secondary N) is 1. The van der Waals surface area contributed by atoms with Crippen molar-refractivity contribution in [2.45, 2.75) is 32.9 Å². The van der Waals surface area contributed by atoms with Gasteiger partial charge in [-0.25, -0.2) is 0 Å². The van der Waals surface area contributed by atoms with Crippen molar-refractivity contribution in [2.24, 2.45) is 0 Å². The van der Waals surface area contributed by atoms with Crippen LogP contribution in [-0.4, -0.2) is 28.8 Å². The lowest BCUT2D eigenvalue weighted by Crippen LogP contribution is -2.23. The average Bonchev–Trinajstić information content (AvgIpc) is 3.13. The maximum Gasteiger partial charge on any atom is 0.273 e. The number of nitro benzene ring substituents is 1. The number of hydrogen-bond donors (Lipinski definition) is 1. The quantitative estimate of drug-likeness (QED) is 0.638. The number of carbonyl (C=O) groups excluding carboxylic acids is 1. The molecule has 136 valence electrons. The van der Waals surface area contributed by atoms with Gasteiger partial charge in [0.2, 0.25) is 0 Å². The lowest BCUT2D eigenvalue weighted by Gasteiger charge is -2.15. The van der Waals surface area contributed by atoms with Gasteiger partial charge in [0.25, 0.3) is 11.6 Å². The number of hydrogen-bond acceptors (Lipinski definition) is 4. The predicted molar refractivity (Wildman–Crippen MR) is 100.0 cm³/mol.